The summed E-state index contributed by atoms with van der Waals surface area (Å²) in [5.41, 5.74) is 1.47. The van der Waals surface area contributed by atoms with Gasteiger partial charge in [-0.15, -0.1) is 10.2 Å². The van der Waals surface area contributed by atoms with Crippen molar-refractivity contribution in [1.82, 2.24) is 10.2 Å². The number of esters is 1. The Morgan fingerprint density at radius 2 is 1.73 bits per heavy atom. The second-order valence-electron chi connectivity index (χ2n) is 7.32. The molecule has 3 aromatic rings. The number of aryl methyl sites for hydroxylation is 1. The maximum absolute atomic E-state index is 12.6. The molecule has 0 aliphatic rings. The predicted octanol–water partition coefficient (Wildman–Crippen LogP) is 4.35. The SMILES string of the molecule is Cc1nnc(NC(=O)CCCC(=O)O[C@@H](C)C(=O)c2ccc(OCc3ccccc3)cc2)s1. The molecule has 1 aromatic heterocycles. The molecule has 0 unspecified atom stereocenters. The molecule has 172 valence electrons. The fourth-order valence-electron chi connectivity index (χ4n) is 2.92. The van der Waals surface area contributed by atoms with E-state index in [0.29, 0.717) is 29.5 Å². The smallest absolute Gasteiger partial charge is 0.306 e. The van der Waals surface area contributed by atoms with E-state index in [1.54, 1.807) is 31.2 Å². The second kappa shape index (κ2) is 11.9. The monoisotopic (exact) mass is 467 g/mol. The number of ketones is 1. The van der Waals surface area contributed by atoms with Gasteiger partial charge in [-0.1, -0.05) is 41.7 Å². The lowest BCUT2D eigenvalue weighted by Crippen LogP contribution is -2.24. The lowest BCUT2D eigenvalue weighted by atomic mass is 10.1. The molecular weight excluding hydrogens is 442 g/mol. The summed E-state index contributed by atoms with van der Waals surface area (Å²) >= 11 is 1.28. The average molecular weight is 468 g/mol. The largest absolute Gasteiger partial charge is 0.489 e. The fourth-order valence-corrected chi connectivity index (χ4v) is 3.53. The van der Waals surface area contributed by atoms with Crippen LogP contribution in [0.4, 0.5) is 5.13 Å². The number of nitrogens with zero attached hydrogens (tertiary/aromatic N) is 2. The molecule has 9 heteroatoms. The zero-order chi connectivity index (χ0) is 23.6. The molecule has 1 N–H and O–H groups in total. The fraction of sp³-hybridized carbons (Fsp3) is 0.292. The number of rotatable bonds is 11. The number of hydrogen-bond acceptors (Lipinski definition) is 8. The van der Waals surface area contributed by atoms with Crippen LogP contribution < -0.4 is 10.1 Å². The van der Waals surface area contributed by atoms with Crippen LogP contribution in [-0.4, -0.2) is 34.0 Å². The van der Waals surface area contributed by atoms with Crippen LogP contribution in [0.2, 0.25) is 0 Å². The third-order valence-corrected chi connectivity index (χ3v) is 5.38. The molecular formula is C24H25N3O5S. The summed E-state index contributed by atoms with van der Waals surface area (Å²) in [5.74, 6) is -0.444. The van der Waals surface area contributed by atoms with Gasteiger partial charge in [0.2, 0.25) is 16.8 Å². The molecule has 0 bridgehead atoms. The molecule has 0 spiro atoms. The number of benzene rings is 2. The highest BCUT2D eigenvalue weighted by Crippen LogP contribution is 2.17. The number of nitrogens with one attached hydrogen (secondary N) is 1. The van der Waals surface area contributed by atoms with E-state index in [-0.39, 0.29) is 24.5 Å². The van der Waals surface area contributed by atoms with Crippen molar-refractivity contribution < 1.29 is 23.9 Å². The maximum atomic E-state index is 12.6. The summed E-state index contributed by atoms with van der Waals surface area (Å²) < 4.78 is 11.0. The van der Waals surface area contributed by atoms with Crippen LogP contribution in [0.3, 0.4) is 0 Å². The Balaban J connectivity index is 1.38. The lowest BCUT2D eigenvalue weighted by Gasteiger charge is -2.13. The first-order valence-corrected chi connectivity index (χ1v) is 11.3. The van der Waals surface area contributed by atoms with Gasteiger partial charge in [-0.05, 0) is 50.1 Å². The van der Waals surface area contributed by atoms with Gasteiger partial charge in [-0.25, -0.2) is 0 Å². The van der Waals surface area contributed by atoms with Crippen LogP contribution in [-0.2, 0) is 20.9 Å². The van der Waals surface area contributed by atoms with Crippen molar-refractivity contribution in [2.75, 3.05) is 5.32 Å². The van der Waals surface area contributed by atoms with Gasteiger partial charge < -0.3 is 14.8 Å². The predicted molar refractivity (Wildman–Crippen MR) is 124 cm³/mol. The van der Waals surface area contributed by atoms with Crippen molar-refractivity contribution in [3.8, 4) is 5.75 Å². The first kappa shape index (κ1) is 24.1. The van der Waals surface area contributed by atoms with Gasteiger partial charge in [-0.3, -0.25) is 14.4 Å². The molecule has 0 aliphatic carbocycles. The highest BCUT2D eigenvalue weighted by molar-refractivity contribution is 7.15. The van der Waals surface area contributed by atoms with E-state index in [2.05, 4.69) is 15.5 Å². The quantitative estimate of drug-likeness (QED) is 0.330. The Kier molecular flexibility index (Phi) is 8.65. The van der Waals surface area contributed by atoms with E-state index >= 15 is 0 Å². The van der Waals surface area contributed by atoms with Gasteiger partial charge in [0.05, 0.1) is 0 Å². The summed E-state index contributed by atoms with van der Waals surface area (Å²) in [6.07, 6.45) is -0.448. The van der Waals surface area contributed by atoms with E-state index in [0.717, 1.165) is 10.6 Å². The van der Waals surface area contributed by atoms with E-state index < -0.39 is 12.1 Å². The lowest BCUT2D eigenvalue weighted by molar-refractivity contribution is -0.146. The minimum Gasteiger partial charge on any atom is -0.489 e. The number of Topliss-reactive ketones (excluding diaryl/α,β-unsaturated/α-hetero) is 1. The number of carbonyl (C=O) groups excluding carboxylic acids is 3. The van der Waals surface area contributed by atoms with Crippen molar-refractivity contribution in [3.05, 3.63) is 70.7 Å². The molecule has 8 nitrogen and oxygen atoms in total. The summed E-state index contributed by atoms with van der Waals surface area (Å²) in [6.45, 7) is 3.76. The van der Waals surface area contributed by atoms with Crippen LogP contribution in [0, 0.1) is 6.92 Å². The number of amides is 1. The van der Waals surface area contributed by atoms with Crippen LogP contribution in [0.25, 0.3) is 0 Å². The van der Waals surface area contributed by atoms with Crippen LogP contribution >= 0.6 is 11.3 Å². The second-order valence-corrected chi connectivity index (χ2v) is 8.50. The average Bonchev–Trinajstić information content (AvgIpc) is 3.22. The van der Waals surface area contributed by atoms with E-state index in [4.69, 9.17) is 9.47 Å². The minimum absolute atomic E-state index is 0.0342. The third kappa shape index (κ3) is 7.80. The van der Waals surface area contributed by atoms with E-state index in [9.17, 15) is 14.4 Å². The van der Waals surface area contributed by atoms with Gasteiger partial charge in [0.25, 0.3) is 0 Å². The molecule has 0 radical (unpaired) electrons. The van der Waals surface area contributed by atoms with Crippen molar-refractivity contribution in [3.63, 3.8) is 0 Å². The van der Waals surface area contributed by atoms with Crippen molar-refractivity contribution >= 4 is 34.1 Å². The number of aromatic nitrogens is 2. The maximum Gasteiger partial charge on any atom is 0.306 e. The standard InChI is InChI=1S/C24H25N3O5S/c1-16(32-22(29)10-6-9-21(28)25-24-27-26-17(2)33-24)23(30)19-11-13-20(14-12-19)31-15-18-7-4-3-5-8-18/h3-5,7-8,11-14,16H,6,9-10,15H2,1-2H3,(H,25,27,28)/t16-/m0/s1. The molecule has 1 heterocycles. The molecule has 0 fully saturated rings. The molecule has 0 saturated heterocycles. The summed E-state index contributed by atoms with van der Waals surface area (Å²) in [5, 5.41) is 11.4. The first-order valence-electron chi connectivity index (χ1n) is 10.5. The highest BCUT2D eigenvalue weighted by atomic mass is 32.1. The summed E-state index contributed by atoms with van der Waals surface area (Å²) in [7, 11) is 0. The van der Waals surface area contributed by atoms with Crippen LogP contribution in [0.15, 0.2) is 54.6 Å². The number of hydrogen-bond donors (Lipinski definition) is 1. The Hall–Kier alpha value is -3.59. The van der Waals surface area contributed by atoms with Crippen molar-refractivity contribution in [2.24, 2.45) is 0 Å². The molecule has 0 saturated carbocycles. The van der Waals surface area contributed by atoms with Crippen LogP contribution in [0.1, 0.15) is 47.1 Å². The number of carbonyl (C=O) groups is 3. The molecule has 3 rings (SSSR count). The van der Waals surface area contributed by atoms with Gasteiger partial charge in [0, 0.05) is 18.4 Å². The van der Waals surface area contributed by atoms with Crippen molar-refractivity contribution in [1.29, 1.82) is 0 Å². The molecule has 0 aliphatic heterocycles. The first-order chi connectivity index (χ1) is 15.9. The molecule has 1 amide bonds. The minimum atomic E-state index is -0.924. The van der Waals surface area contributed by atoms with Gasteiger partial charge >= 0.3 is 5.97 Å². The zero-order valence-electron chi connectivity index (χ0n) is 18.4. The highest BCUT2D eigenvalue weighted by Gasteiger charge is 2.20. The van der Waals surface area contributed by atoms with Gasteiger partial charge in [0.1, 0.15) is 17.4 Å². The van der Waals surface area contributed by atoms with Gasteiger partial charge in [-0.2, -0.15) is 0 Å². The molecule has 33 heavy (non-hydrogen) atoms. The normalized spacial score (nSPS) is 11.5. The Morgan fingerprint density at radius 1 is 1.00 bits per heavy atom. The molecule has 2 aromatic carbocycles. The Morgan fingerprint density at radius 3 is 2.39 bits per heavy atom. The third-order valence-electron chi connectivity index (χ3n) is 4.62. The summed E-state index contributed by atoms with van der Waals surface area (Å²) in [6, 6.07) is 16.5. The molecule has 1 atom stereocenters. The Bertz CT molecular complexity index is 1080. The Labute approximate surface area is 196 Å². The van der Waals surface area contributed by atoms with Crippen molar-refractivity contribution in [2.45, 2.75) is 45.8 Å². The van der Waals surface area contributed by atoms with E-state index in [1.165, 1.54) is 18.3 Å². The number of anilines is 1. The van der Waals surface area contributed by atoms with Gasteiger partial charge in [0.15, 0.2) is 6.10 Å². The summed E-state index contributed by atoms with van der Waals surface area (Å²) in [4.78, 5) is 36.5. The van der Waals surface area contributed by atoms with E-state index in [1.807, 2.05) is 30.3 Å². The topological polar surface area (TPSA) is 107 Å². The zero-order valence-corrected chi connectivity index (χ0v) is 19.3. The number of ether oxygens (including phenoxy) is 2. The van der Waals surface area contributed by atoms with Crippen LogP contribution in [0.5, 0.6) is 5.75 Å².